The molecule has 0 aromatic heterocycles. The zero-order chi connectivity index (χ0) is 13.1. The van der Waals surface area contributed by atoms with Crippen LogP contribution in [0.4, 0.5) is 0 Å². The Kier molecular flexibility index (Phi) is 9.83. The molecule has 1 N–H and O–H groups in total. The van der Waals surface area contributed by atoms with Crippen LogP contribution < -0.4 is 0 Å². The summed E-state index contributed by atoms with van der Waals surface area (Å²) in [5, 5.41) is 9.92. The van der Waals surface area contributed by atoms with Crippen molar-refractivity contribution in [2.24, 2.45) is 5.92 Å². The third-order valence-electron chi connectivity index (χ3n) is 2.81. The molecular weight excluding hydrogens is 216 g/mol. The van der Waals surface area contributed by atoms with E-state index in [0.717, 1.165) is 32.1 Å². The van der Waals surface area contributed by atoms with Gasteiger partial charge in [0.05, 0.1) is 12.7 Å². The first-order chi connectivity index (χ1) is 8.15. The van der Waals surface area contributed by atoms with Gasteiger partial charge in [0.2, 0.25) is 0 Å². The van der Waals surface area contributed by atoms with Crippen molar-refractivity contribution in [2.45, 2.75) is 59.0 Å². The maximum absolute atomic E-state index is 11.2. The van der Waals surface area contributed by atoms with Crippen molar-refractivity contribution in [3.05, 3.63) is 12.2 Å². The second-order valence-corrected chi connectivity index (χ2v) is 4.33. The van der Waals surface area contributed by atoms with Crippen LogP contribution >= 0.6 is 0 Å². The lowest BCUT2D eigenvalue weighted by molar-refractivity contribution is -0.137. The van der Waals surface area contributed by atoms with E-state index < -0.39 is 6.10 Å². The first-order valence-corrected chi connectivity index (χ1v) is 6.68. The van der Waals surface area contributed by atoms with E-state index >= 15 is 0 Å². The van der Waals surface area contributed by atoms with E-state index in [4.69, 9.17) is 4.74 Å². The van der Waals surface area contributed by atoms with Gasteiger partial charge in [-0.05, 0) is 24.8 Å². The summed E-state index contributed by atoms with van der Waals surface area (Å²) < 4.78 is 4.90. The van der Waals surface area contributed by atoms with Crippen molar-refractivity contribution in [1.82, 2.24) is 0 Å². The minimum atomic E-state index is -0.541. The van der Waals surface area contributed by atoms with Crippen LogP contribution in [0, 0.1) is 5.92 Å². The van der Waals surface area contributed by atoms with E-state index in [-0.39, 0.29) is 11.9 Å². The van der Waals surface area contributed by atoms with E-state index in [1.165, 1.54) is 6.08 Å². The Morgan fingerprint density at radius 3 is 2.53 bits per heavy atom. The molecule has 2 unspecified atom stereocenters. The van der Waals surface area contributed by atoms with Crippen LogP contribution in [0.3, 0.4) is 0 Å². The highest BCUT2D eigenvalue weighted by molar-refractivity contribution is 5.81. The molecule has 0 rings (SSSR count). The van der Waals surface area contributed by atoms with Gasteiger partial charge in [-0.1, -0.05) is 40.0 Å². The standard InChI is InChI=1S/C14H26O3/c1-4-7-8-12(6-3)13(15)9-10-14(16)17-11-5-2/h9-10,12-13,15H,4-8,11H2,1-3H3. The van der Waals surface area contributed by atoms with E-state index in [1.54, 1.807) is 6.08 Å². The van der Waals surface area contributed by atoms with Crippen molar-refractivity contribution >= 4 is 5.97 Å². The normalized spacial score (nSPS) is 14.8. The Hall–Kier alpha value is -0.830. The van der Waals surface area contributed by atoms with Gasteiger partial charge in [0.1, 0.15) is 0 Å². The number of hydrogen-bond donors (Lipinski definition) is 1. The highest BCUT2D eigenvalue weighted by atomic mass is 16.5. The molecule has 0 aliphatic rings. The summed E-state index contributed by atoms with van der Waals surface area (Å²) >= 11 is 0. The number of ether oxygens (including phenoxy) is 1. The molecule has 0 aromatic carbocycles. The summed E-state index contributed by atoms with van der Waals surface area (Å²) in [5.74, 6) is -0.124. The third kappa shape index (κ3) is 7.97. The molecule has 0 radical (unpaired) electrons. The maximum Gasteiger partial charge on any atom is 0.330 e. The molecule has 17 heavy (non-hydrogen) atoms. The molecule has 2 atom stereocenters. The molecule has 0 heterocycles. The Morgan fingerprint density at radius 1 is 1.29 bits per heavy atom. The van der Waals surface area contributed by atoms with Crippen LogP contribution in [0.25, 0.3) is 0 Å². The molecule has 3 heteroatoms. The smallest absolute Gasteiger partial charge is 0.330 e. The molecule has 0 saturated heterocycles. The highest BCUT2D eigenvalue weighted by Gasteiger charge is 2.14. The third-order valence-corrected chi connectivity index (χ3v) is 2.81. The number of rotatable bonds is 9. The van der Waals surface area contributed by atoms with Crippen molar-refractivity contribution in [3.8, 4) is 0 Å². The first kappa shape index (κ1) is 16.2. The van der Waals surface area contributed by atoms with Crippen LogP contribution in [0.1, 0.15) is 52.9 Å². The fourth-order valence-corrected chi connectivity index (χ4v) is 1.67. The molecule has 0 aromatic rings. The van der Waals surface area contributed by atoms with Gasteiger partial charge < -0.3 is 9.84 Å². The molecule has 0 fully saturated rings. The van der Waals surface area contributed by atoms with Gasteiger partial charge in [0.25, 0.3) is 0 Å². The van der Waals surface area contributed by atoms with Crippen LogP contribution in [0.2, 0.25) is 0 Å². The predicted molar refractivity (Wildman–Crippen MR) is 69.7 cm³/mol. The van der Waals surface area contributed by atoms with Gasteiger partial charge in [0, 0.05) is 6.08 Å². The second kappa shape index (κ2) is 10.3. The fourth-order valence-electron chi connectivity index (χ4n) is 1.67. The lowest BCUT2D eigenvalue weighted by Gasteiger charge is -2.18. The van der Waals surface area contributed by atoms with Crippen molar-refractivity contribution in [1.29, 1.82) is 0 Å². The van der Waals surface area contributed by atoms with Gasteiger partial charge in [-0.2, -0.15) is 0 Å². The van der Waals surface area contributed by atoms with Crippen LogP contribution in [-0.4, -0.2) is 23.8 Å². The summed E-state index contributed by atoms with van der Waals surface area (Å²) in [6.45, 7) is 6.58. The van der Waals surface area contributed by atoms with Gasteiger partial charge >= 0.3 is 5.97 Å². The van der Waals surface area contributed by atoms with Crippen LogP contribution in [0.15, 0.2) is 12.2 Å². The molecule has 0 bridgehead atoms. The maximum atomic E-state index is 11.2. The lowest BCUT2D eigenvalue weighted by atomic mass is 9.93. The quantitative estimate of drug-likeness (QED) is 0.499. The molecule has 0 amide bonds. The largest absolute Gasteiger partial charge is 0.463 e. The first-order valence-electron chi connectivity index (χ1n) is 6.68. The summed E-state index contributed by atoms with van der Waals surface area (Å²) in [7, 11) is 0. The highest BCUT2D eigenvalue weighted by Crippen LogP contribution is 2.17. The van der Waals surface area contributed by atoms with Crippen molar-refractivity contribution in [3.63, 3.8) is 0 Å². The zero-order valence-electron chi connectivity index (χ0n) is 11.3. The minimum absolute atomic E-state index is 0.241. The van der Waals surface area contributed by atoms with E-state index in [2.05, 4.69) is 13.8 Å². The average Bonchev–Trinajstić information content (AvgIpc) is 2.34. The van der Waals surface area contributed by atoms with Gasteiger partial charge in [-0.15, -0.1) is 0 Å². The Bertz CT molecular complexity index is 224. The number of carbonyl (C=O) groups is 1. The van der Waals surface area contributed by atoms with E-state index in [0.29, 0.717) is 6.61 Å². The number of aliphatic hydroxyl groups excluding tert-OH is 1. The van der Waals surface area contributed by atoms with E-state index in [9.17, 15) is 9.90 Å². The topological polar surface area (TPSA) is 46.5 Å². The van der Waals surface area contributed by atoms with Gasteiger partial charge in [-0.25, -0.2) is 4.79 Å². The molecular formula is C14H26O3. The molecule has 0 aliphatic heterocycles. The fraction of sp³-hybridized carbons (Fsp3) is 0.786. The monoisotopic (exact) mass is 242 g/mol. The number of unbranched alkanes of at least 4 members (excludes halogenated alkanes) is 1. The Morgan fingerprint density at radius 2 is 2.00 bits per heavy atom. The van der Waals surface area contributed by atoms with Crippen LogP contribution in [0.5, 0.6) is 0 Å². The summed E-state index contributed by atoms with van der Waals surface area (Å²) in [4.78, 5) is 11.2. The Labute approximate surface area is 105 Å². The zero-order valence-corrected chi connectivity index (χ0v) is 11.3. The molecule has 100 valence electrons. The van der Waals surface area contributed by atoms with Crippen LogP contribution in [-0.2, 0) is 9.53 Å². The van der Waals surface area contributed by atoms with Gasteiger partial charge in [-0.3, -0.25) is 0 Å². The molecule has 0 spiro atoms. The average molecular weight is 242 g/mol. The summed E-state index contributed by atoms with van der Waals surface area (Å²) in [5.41, 5.74) is 0. The number of aliphatic hydroxyl groups is 1. The summed E-state index contributed by atoms with van der Waals surface area (Å²) in [6, 6.07) is 0. The van der Waals surface area contributed by atoms with Gasteiger partial charge in [0.15, 0.2) is 0 Å². The van der Waals surface area contributed by atoms with E-state index in [1.807, 2.05) is 6.92 Å². The van der Waals surface area contributed by atoms with Crippen molar-refractivity contribution < 1.29 is 14.6 Å². The molecule has 0 aliphatic carbocycles. The molecule has 3 nitrogen and oxygen atoms in total. The van der Waals surface area contributed by atoms with Crippen molar-refractivity contribution in [2.75, 3.05) is 6.61 Å². The molecule has 0 saturated carbocycles. The summed E-state index contributed by atoms with van der Waals surface area (Å²) in [6.07, 6.45) is 7.35. The number of esters is 1. The number of hydrogen-bond acceptors (Lipinski definition) is 3. The SMILES string of the molecule is CCCCC(CC)C(O)C=CC(=O)OCCC. The number of carbonyl (C=O) groups excluding carboxylic acids is 1. The lowest BCUT2D eigenvalue weighted by Crippen LogP contribution is -2.18. The predicted octanol–water partition coefficient (Wildman–Crippen LogP) is 3.07. The second-order valence-electron chi connectivity index (χ2n) is 4.33. The Balaban J connectivity index is 4.05. The minimum Gasteiger partial charge on any atom is -0.463 e.